The maximum absolute atomic E-state index is 12.8. The highest BCUT2D eigenvalue weighted by atomic mass is 79.9. The lowest BCUT2D eigenvalue weighted by Gasteiger charge is -2.19. The van der Waals surface area contributed by atoms with Gasteiger partial charge in [0.15, 0.2) is 5.43 Å². The van der Waals surface area contributed by atoms with E-state index < -0.39 is 0 Å². The van der Waals surface area contributed by atoms with Crippen molar-refractivity contribution in [3.05, 3.63) is 98.6 Å². The van der Waals surface area contributed by atoms with E-state index in [4.69, 9.17) is 4.42 Å². The summed E-state index contributed by atoms with van der Waals surface area (Å²) < 4.78 is 6.70. The van der Waals surface area contributed by atoms with Crippen LogP contribution in [0.4, 0.5) is 5.69 Å². The number of anilines is 1. The van der Waals surface area contributed by atoms with Gasteiger partial charge in [-0.25, -0.2) is 0 Å². The Labute approximate surface area is 189 Å². The number of halogens is 1. The van der Waals surface area contributed by atoms with Crippen molar-refractivity contribution in [1.29, 1.82) is 0 Å². The zero-order valence-electron chi connectivity index (χ0n) is 17.5. The average molecular weight is 476 g/mol. The van der Waals surface area contributed by atoms with Crippen LogP contribution in [0.3, 0.4) is 0 Å². The van der Waals surface area contributed by atoms with Crippen molar-refractivity contribution in [1.82, 2.24) is 0 Å². The third kappa shape index (κ3) is 4.47. The van der Waals surface area contributed by atoms with Gasteiger partial charge in [-0.15, -0.1) is 0 Å². The fourth-order valence-electron chi connectivity index (χ4n) is 3.35. The quantitative estimate of drug-likeness (QED) is 0.355. The third-order valence-electron chi connectivity index (χ3n) is 5.14. The molecule has 1 amide bonds. The Bertz CT molecular complexity index is 1330. The zero-order chi connectivity index (χ0) is 22.2. The molecule has 1 N–H and O–H groups in total. The monoisotopic (exact) mass is 475 g/mol. The molecule has 0 aliphatic heterocycles. The SMILES string of the molecule is CC(C)(C)c1ccc(-c2cc(=O)c3cc(NC(=O)c4ccccc4Br)ccc3o2)cc1. The summed E-state index contributed by atoms with van der Waals surface area (Å²) in [5.74, 6) is 0.259. The number of amides is 1. The lowest BCUT2D eigenvalue weighted by Crippen LogP contribution is -2.13. The molecule has 0 spiro atoms. The maximum Gasteiger partial charge on any atom is 0.256 e. The summed E-state index contributed by atoms with van der Waals surface area (Å²) in [5, 5.41) is 3.25. The van der Waals surface area contributed by atoms with Crippen LogP contribution in [-0.2, 0) is 5.41 Å². The largest absolute Gasteiger partial charge is 0.456 e. The Morgan fingerprint density at radius 1 is 0.935 bits per heavy atom. The summed E-state index contributed by atoms with van der Waals surface area (Å²) in [6.45, 7) is 6.47. The molecule has 0 aliphatic rings. The summed E-state index contributed by atoms with van der Waals surface area (Å²) >= 11 is 3.38. The molecule has 0 saturated heterocycles. The van der Waals surface area contributed by atoms with Gasteiger partial charge in [0.05, 0.1) is 10.9 Å². The molecule has 3 aromatic carbocycles. The molecular formula is C26H22BrNO3. The molecule has 1 aromatic heterocycles. The van der Waals surface area contributed by atoms with E-state index in [2.05, 4.69) is 54.2 Å². The lowest BCUT2D eigenvalue weighted by molar-refractivity contribution is 0.102. The topological polar surface area (TPSA) is 59.3 Å². The van der Waals surface area contributed by atoms with Crippen molar-refractivity contribution in [2.75, 3.05) is 5.32 Å². The van der Waals surface area contributed by atoms with Crippen LogP contribution in [0.1, 0.15) is 36.7 Å². The van der Waals surface area contributed by atoms with Crippen LogP contribution in [-0.4, -0.2) is 5.91 Å². The Balaban J connectivity index is 1.65. The molecule has 156 valence electrons. The number of rotatable bonds is 3. The van der Waals surface area contributed by atoms with Crippen LogP contribution < -0.4 is 10.7 Å². The van der Waals surface area contributed by atoms with Gasteiger partial charge in [0, 0.05) is 21.8 Å². The molecule has 0 radical (unpaired) electrons. The molecule has 4 aromatic rings. The van der Waals surface area contributed by atoms with Gasteiger partial charge in [-0.05, 0) is 57.2 Å². The number of hydrogen-bond donors (Lipinski definition) is 1. The van der Waals surface area contributed by atoms with Gasteiger partial charge in [-0.3, -0.25) is 9.59 Å². The fourth-order valence-corrected chi connectivity index (χ4v) is 3.82. The number of carbonyl (C=O) groups excluding carboxylic acids is 1. The molecule has 31 heavy (non-hydrogen) atoms. The first-order valence-electron chi connectivity index (χ1n) is 9.97. The van der Waals surface area contributed by atoms with E-state index in [0.29, 0.717) is 32.5 Å². The van der Waals surface area contributed by atoms with Crippen molar-refractivity contribution in [3.8, 4) is 11.3 Å². The second kappa shape index (κ2) is 8.16. The van der Waals surface area contributed by atoms with E-state index in [-0.39, 0.29) is 16.8 Å². The number of hydrogen-bond acceptors (Lipinski definition) is 3. The first kappa shape index (κ1) is 21.1. The number of fused-ring (bicyclic) bond motifs is 1. The lowest BCUT2D eigenvalue weighted by atomic mass is 9.86. The molecule has 1 heterocycles. The molecule has 0 unspecified atom stereocenters. The number of nitrogens with one attached hydrogen (secondary N) is 1. The predicted molar refractivity (Wildman–Crippen MR) is 129 cm³/mol. The van der Waals surface area contributed by atoms with E-state index in [1.165, 1.54) is 11.6 Å². The van der Waals surface area contributed by atoms with Gasteiger partial charge in [-0.2, -0.15) is 0 Å². The van der Waals surface area contributed by atoms with Crippen LogP contribution in [0.15, 0.2) is 86.5 Å². The standard InChI is InChI=1S/C26H22BrNO3/c1-26(2,3)17-10-8-16(9-11-17)24-15-22(29)20-14-18(12-13-23(20)31-24)28-25(30)19-6-4-5-7-21(19)27/h4-15H,1-3H3,(H,28,30). The van der Waals surface area contributed by atoms with Crippen molar-refractivity contribution >= 4 is 38.5 Å². The van der Waals surface area contributed by atoms with E-state index >= 15 is 0 Å². The Kier molecular flexibility index (Phi) is 5.54. The summed E-state index contributed by atoms with van der Waals surface area (Å²) in [6, 6.07) is 21.8. The number of benzene rings is 3. The molecule has 0 fully saturated rings. The highest BCUT2D eigenvalue weighted by Crippen LogP contribution is 2.28. The highest BCUT2D eigenvalue weighted by Gasteiger charge is 2.15. The normalized spacial score (nSPS) is 11.5. The first-order chi connectivity index (χ1) is 14.7. The Hall–Kier alpha value is -3.18. The average Bonchev–Trinajstić information content (AvgIpc) is 2.74. The van der Waals surface area contributed by atoms with E-state index in [1.807, 2.05) is 18.2 Å². The summed E-state index contributed by atoms with van der Waals surface area (Å²) in [4.78, 5) is 25.3. The molecule has 0 aliphatic carbocycles. The van der Waals surface area contributed by atoms with E-state index in [1.54, 1.807) is 36.4 Å². The molecule has 0 atom stereocenters. The zero-order valence-corrected chi connectivity index (χ0v) is 19.1. The summed E-state index contributed by atoms with van der Waals surface area (Å²) in [5.41, 5.74) is 3.47. The molecular weight excluding hydrogens is 454 g/mol. The van der Waals surface area contributed by atoms with E-state index in [0.717, 1.165) is 5.56 Å². The molecule has 0 bridgehead atoms. The molecule has 4 rings (SSSR count). The smallest absolute Gasteiger partial charge is 0.256 e. The van der Waals surface area contributed by atoms with Crippen molar-refractivity contribution in [3.63, 3.8) is 0 Å². The molecule has 5 heteroatoms. The van der Waals surface area contributed by atoms with Gasteiger partial charge in [0.2, 0.25) is 0 Å². The Morgan fingerprint density at radius 3 is 2.32 bits per heavy atom. The minimum atomic E-state index is -0.258. The summed E-state index contributed by atoms with van der Waals surface area (Å²) in [6.07, 6.45) is 0. The van der Waals surface area contributed by atoms with Crippen LogP contribution in [0.25, 0.3) is 22.3 Å². The molecule has 0 saturated carbocycles. The van der Waals surface area contributed by atoms with Gasteiger partial charge in [0.1, 0.15) is 11.3 Å². The van der Waals surface area contributed by atoms with Crippen LogP contribution in [0, 0.1) is 0 Å². The first-order valence-corrected chi connectivity index (χ1v) is 10.8. The minimum Gasteiger partial charge on any atom is -0.456 e. The fraction of sp³-hybridized carbons (Fsp3) is 0.154. The van der Waals surface area contributed by atoms with Crippen molar-refractivity contribution in [2.45, 2.75) is 26.2 Å². The predicted octanol–water partition coefficient (Wildman–Crippen LogP) is 6.77. The second-order valence-electron chi connectivity index (χ2n) is 8.45. The maximum atomic E-state index is 12.8. The number of carbonyl (C=O) groups is 1. The van der Waals surface area contributed by atoms with Gasteiger partial charge in [0.25, 0.3) is 5.91 Å². The minimum absolute atomic E-state index is 0.0545. The molecule has 4 nitrogen and oxygen atoms in total. The van der Waals surface area contributed by atoms with Crippen LogP contribution >= 0.6 is 15.9 Å². The van der Waals surface area contributed by atoms with Gasteiger partial charge >= 0.3 is 0 Å². The van der Waals surface area contributed by atoms with Crippen LogP contribution in [0.2, 0.25) is 0 Å². The van der Waals surface area contributed by atoms with Gasteiger partial charge < -0.3 is 9.73 Å². The Morgan fingerprint density at radius 2 is 1.65 bits per heavy atom. The van der Waals surface area contributed by atoms with Crippen LogP contribution in [0.5, 0.6) is 0 Å². The highest BCUT2D eigenvalue weighted by molar-refractivity contribution is 9.10. The third-order valence-corrected chi connectivity index (χ3v) is 5.83. The second-order valence-corrected chi connectivity index (χ2v) is 9.30. The van der Waals surface area contributed by atoms with Crippen molar-refractivity contribution < 1.29 is 9.21 Å². The van der Waals surface area contributed by atoms with Gasteiger partial charge in [-0.1, -0.05) is 57.2 Å². The van der Waals surface area contributed by atoms with Crippen molar-refractivity contribution in [2.24, 2.45) is 0 Å². The summed E-state index contributed by atoms with van der Waals surface area (Å²) in [7, 11) is 0. The van der Waals surface area contributed by atoms with E-state index in [9.17, 15) is 9.59 Å².